The first-order valence-electron chi connectivity index (χ1n) is 21.9. The van der Waals surface area contributed by atoms with Gasteiger partial charge in [0.15, 0.2) is 0 Å². The summed E-state index contributed by atoms with van der Waals surface area (Å²) in [5.41, 5.74) is 11.6. The molecule has 4 N–H and O–H groups in total. The molecule has 10 nitrogen and oxygen atoms in total. The Labute approximate surface area is 385 Å². The van der Waals surface area contributed by atoms with Crippen LogP contribution in [0.15, 0.2) is 97.6 Å². The number of aromatic nitrogens is 2. The smallest absolute Gasteiger partial charge is 0.142 e. The fraction of sp³-hybridized carbons (Fsp3) is 0.308. The van der Waals surface area contributed by atoms with E-state index in [9.17, 15) is 0 Å². The van der Waals surface area contributed by atoms with Gasteiger partial charge in [0.2, 0.25) is 0 Å². The molecule has 2 aromatic heterocycles. The molecular formula is C52H54Cl2N6O4. The lowest BCUT2D eigenvalue weighted by atomic mass is 9.92. The molecule has 2 aliphatic carbocycles. The van der Waals surface area contributed by atoms with Gasteiger partial charge in [-0.05, 0) is 122 Å². The molecule has 64 heavy (non-hydrogen) atoms. The Bertz CT molecular complexity index is 2430. The highest BCUT2D eigenvalue weighted by Gasteiger charge is 2.22. The minimum atomic E-state index is 0.295. The van der Waals surface area contributed by atoms with Gasteiger partial charge in [-0.1, -0.05) is 59.6 Å². The quantitative estimate of drug-likeness (QED) is 0.0467. The zero-order valence-corrected chi connectivity index (χ0v) is 37.8. The summed E-state index contributed by atoms with van der Waals surface area (Å²) in [6, 6.07) is 24.0. The van der Waals surface area contributed by atoms with Crippen LogP contribution in [0.3, 0.4) is 0 Å². The second-order valence-corrected chi connectivity index (χ2v) is 17.6. The summed E-state index contributed by atoms with van der Waals surface area (Å²) in [6.45, 7) is 8.64. The molecule has 4 aromatic carbocycles. The van der Waals surface area contributed by atoms with Gasteiger partial charge in [-0.2, -0.15) is 0 Å². The molecule has 0 bridgehead atoms. The van der Waals surface area contributed by atoms with Gasteiger partial charge in [-0.25, -0.2) is 0 Å². The van der Waals surface area contributed by atoms with Crippen molar-refractivity contribution in [2.24, 2.45) is 11.8 Å². The Kier molecular flexibility index (Phi) is 14.9. The number of nitrogens with zero attached hydrogens (tertiary/aromatic N) is 2. The van der Waals surface area contributed by atoms with E-state index in [1.54, 1.807) is 24.8 Å². The zero-order valence-electron chi connectivity index (χ0n) is 36.3. The van der Waals surface area contributed by atoms with Crippen LogP contribution in [0.4, 0.5) is 0 Å². The Morgan fingerprint density at radius 2 is 0.969 bits per heavy atom. The van der Waals surface area contributed by atoms with Gasteiger partial charge >= 0.3 is 0 Å². The fourth-order valence-electron chi connectivity index (χ4n) is 7.61. The van der Waals surface area contributed by atoms with Crippen LogP contribution in [-0.2, 0) is 39.5 Å². The second-order valence-electron chi connectivity index (χ2n) is 16.8. The number of rotatable bonds is 23. The Hall–Kier alpha value is -5.78. The van der Waals surface area contributed by atoms with Crippen molar-refractivity contribution in [3.8, 4) is 34.1 Å². The fourth-order valence-corrected chi connectivity index (χ4v) is 8.09. The monoisotopic (exact) mass is 896 g/mol. The molecule has 0 saturated heterocycles. The second kappa shape index (κ2) is 21.3. The Morgan fingerprint density at radius 3 is 1.38 bits per heavy atom. The lowest BCUT2D eigenvalue weighted by Gasteiger charge is -2.19. The molecule has 2 heterocycles. The summed E-state index contributed by atoms with van der Waals surface area (Å²) in [5, 5.41) is 23.4. The van der Waals surface area contributed by atoms with Crippen LogP contribution in [0.5, 0.6) is 23.0 Å². The minimum absolute atomic E-state index is 0.295. The number of pyridine rings is 2. The molecule has 330 valence electrons. The summed E-state index contributed by atoms with van der Waals surface area (Å²) in [4.78, 5) is 8.51. The van der Waals surface area contributed by atoms with E-state index in [4.69, 9.17) is 53.0 Å². The van der Waals surface area contributed by atoms with Crippen molar-refractivity contribution in [2.45, 2.75) is 79.0 Å². The number of ether oxygens (including phenoxy) is 4. The summed E-state index contributed by atoms with van der Waals surface area (Å²) >= 11 is 13.8. The molecule has 0 radical (unpaired) electrons. The molecule has 0 aliphatic heterocycles. The summed E-state index contributed by atoms with van der Waals surface area (Å²) in [5.74, 6) is 3.94. The highest BCUT2D eigenvalue weighted by Crippen LogP contribution is 2.38. The Morgan fingerprint density at radius 1 is 0.547 bits per heavy atom. The maximum Gasteiger partial charge on any atom is 0.142 e. The highest BCUT2D eigenvalue weighted by molar-refractivity contribution is 6.32. The number of nitrogens with one attached hydrogen (secondary N) is 4. The largest absolute Gasteiger partial charge is 0.488 e. The van der Waals surface area contributed by atoms with Crippen LogP contribution in [0, 0.1) is 36.5 Å². The van der Waals surface area contributed by atoms with Gasteiger partial charge in [0.05, 0.1) is 10.0 Å². The third kappa shape index (κ3) is 11.9. The summed E-state index contributed by atoms with van der Waals surface area (Å²) in [7, 11) is 0. The third-order valence-electron chi connectivity index (χ3n) is 11.8. The van der Waals surface area contributed by atoms with Crippen LogP contribution >= 0.6 is 23.2 Å². The summed E-state index contributed by atoms with van der Waals surface area (Å²) in [6.07, 6.45) is 14.4. The number of benzene rings is 4. The van der Waals surface area contributed by atoms with E-state index in [0.29, 0.717) is 72.6 Å². The van der Waals surface area contributed by atoms with Crippen LogP contribution in [0.2, 0.25) is 10.0 Å². The van der Waals surface area contributed by atoms with Crippen molar-refractivity contribution in [1.29, 1.82) is 10.8 Å². The van der Waals surface area contributed by atoms with Crippen molar-refractivity contribution in [1.82, 2.24) is 20.6 Å². The van der Waals surface area contributed by atoms with Crippen molar-refractivity contribution in [3.05, 3.63) is 163 Å². The SMILES string of the molecule is Cc1c(COc2cc(OCc3cncc(C=N)c3)c(CNCC3CC3)cc2Cl)cccc1-c1cccc(COc2cc(OCc3cncc(C=N)c3)c(CNCC3CC3)cc2Cl)c1C. The van der Waals surface area contributed by atoms with E-state index in [0.717, 1.165) is 91.7 Å². The van der Waals surface area contributed by atoms with Gasteiger partial charge in [0, 0.05) is 95.8 Å². The van der Waals surface area contributed by atoms with Gasteiger partial charge in [-0.15, -0.1) is 0 Å². The number of hydrogen-bond donors (Lipinski definition) is 4. The van der Waals surface area contributed by atoms with Crippen LogP contribution in [0.1, 0.15) is 81.3 Å². The molecular weight excluding hydrogens is 844 g/mol. The molecule has 8 rings (SSSR count). The van der Waals surface area contributed by atoms with Gasteiger partial charge in [0.1, 0.15) is 49.4 Å². The summed E-state index contributed by atoms with van der Waals surface area (Å²) < 4.78 is 25.6. The zero-order chi connectivity index (χ0) is 44.4. The topological polar surface area (TPSA) is 134 Å². The van der Waals surface area contributed by atoms with E-state index in [1.165, 1.54) is 38.1 Å². The first-order chi connectivity index (χ1) is 31.2. The van der Waals surface area contributed by atoms with Crippen LogP contribution in [-0.4, -0.2) is 35.5 Å². The third-order valence-corrected chi connectivity index (χ3v) is 12.4. The van der Waals surface area contributed by atoms with Gasteiger partial charge < -0.3 is 40.4 Å². The standard InChI is InChI=1S/C52H54Cl2N6O4/c1-33-41(31-63-51-17-49(61-29-39-13-37(19-55)23-57-25-39)43(15-47(51)53)27-59-21-35-9-10-35)5-3-7-45(33)46-8-4-6-42(34(46)2)32-64-52-18-50(62-30-40-14-38(20-56)24-58-26-40)44(16-48(52)54)28-60-22-36-11-12-36/h3-8,13-20,23-26,35-36,55-56,59-60H,9-12,21-22,27-32H2,1-2H3. The van der Waals surface area contributed by atoms with E-state index < -0.39 is 0 Å². The van der Waals surface area contributed by atoms with E-state index in [2.05, 4.69) is 70.8 Å². The minimum Gasteiger partial charge on any atom is -0.488 e. The van der Waals surface area contributed by atoms with Gasteiger partial charge in [-0.3, -0.25) is 9.97 Å². The van der Waals surface area contributed by atoms with Crippen molar-refractivity contribution < 1.29 is 18.9 Å². The first kappa shape index (κ1) is 44.8. The number of halogens is 2. The average molecular weight is 898 g/mol. The van der Waals surface area contributed by atoms with Gasteiger partial charge in [0.25, 0.3) is 0 Å². The lowest BCUT2D eigenvalue weighted by molar-refractivity contribution is 0.286. The van der Waals surface area contributed by atoms with Crippen LogP contribution < -0.4 is 29.6 Å². The Balaban J connectivity index is 0.965. The highest BCUT2D eigenvalue weighted by atomic mass is 35.5. The molecule has 0 unspecified atom stereocenters. The number of hydrogen-bond acceptors (Lipinski definition) is 10. The molecule has 2 saturated carbocycles. The molecule has 0 amide bonds. The molecule has 12 heteroatoms. The van der Waals surface area contributed by atoms with E-state index in [-0.39, 0.29) is 0 Å². The van der Waals surface area contributed by atoms with E-state index in [1.807, 2.05) is 36.4 Å². The molecule has 2 fully saturated rings. The first-order valence-corrected chi connectivity index (χ1v) is 22.6. The van der Waals surface area contributed by atoms with Crippen molar-refractivity contribution >= 4 is 35.6 Å². The maximum atomic E-state index is 7.61. The normalized spacial score (nSPS) is 13.4. The predicted octanol–water partition coefficient (Wildman–Crippen LogP) is 11.4. The average Bonchev–Trinajstić information content (AvgIpc) is 4.26. The molecule has 0 atom stereocenters. The molecule has 6 aromatic rings. The molecule has 0 spiro atoms. The van der Waals surface area contributed by atoms with E-state index >= 15 is 0 Å². The van der Waals surface area contributed by atoms with Crippen molar-refractivity contribution in [2.75, 3.05) is 13.1 Å². The lowest BCUT2D eigenvalue weighted by Crippen LogP contribution is -2.17. The molecule has 2 aliphatic rings. The van der Waals surface area contributed by atoms with Crippen LogP contribution in [0.25, 0.3) is 11.1 Å². The maximum absolute atomic E-state index is 7.61. The van der Waals surface area contributed by atoms with Crippen molar-refractivity contribution in [3.63, 3.8) is 0 Å². The predicted molar refractivity (Wildman–Crippen MR) is 255 cm³/mol.